The summed E-state index contributed by atoms with van der Waals surface area (Å²) in [6.07, 6.45) is 6.02. The van der Waals surface area contributed by atoms with Crippen molar-refractivity contribution < 1.29 is 14.3 Å². The molecule has 0 radical (unpaired) electrons. The lowest BCUT2D eigenvalue weighted by molar-refractivity contribution is -0.171. The number of carbonyl (C=O) groups is 1. The molecule has 0 N–H and O–H groups in total. The topological polar surface area (TPSA) is 35.5 Å². The van der Waals surface area contributed by atoms with Crippen molar-refractivity contribution in [1.82, 2.24) is 0 Å². The summed E-state index contributed by atoms with van der Waals surface area (Å²) in [5, 5.41) is 0. The first kappa shape index (κ1) is 18.1. The smallest absolute Gasteiger partial charge is 0.312 e. The van der Waals surface area contributed by atoms with Gasteiger partial charge in [0, 0.05) is 10.4 Å². The molecule has 2 aromatic rings. The van der Waals surface area contributed by atoms with Gasteiger partial charge < -0.3 is 9.47 Å². The van der Waals surface area contributed by atoms with Gasteiger partial charge in [-0.25, -0.2) is 0 Å². The van der Waals surface area contributed by atoms with Crippen molar-refractivity contribution in [2.24, 2.45) is 17.3 Å². The Morgan fingerprint density at radius 1 is 0.964 bits per heavy atom. The Morgan fingerprint density at radius 2 is 1.64 bits per heavy atom. The maximum Gasteiger partial charge on any atom is 0.312 e. The second-order valence-corrected chi connectivity index (χ2v) is 9.79. The predicted molar refractivity (Wildman–Crippen MR) is 108 cm³/mol. The number of alkyl halides is 1. The number of benzene rings is 2. The van der Waals surface area contributed by atoms with E-state index in [9.17, 15) is 4.79 Å². The summed E-state index contributed by atoms with van der Waals surface area (Å²) in [5.74, 6) is 2.59. The summed E-state index contributed by atoms with van der Waals surface area (Å²) in [4.78, 5) is 13.0. The minimum absolute atomic E-state index is 0.0684. The highest BCUT2D eigenvalue weighted by Gasteiger charge is 2.60. The number of hydrogen-bond donors (Lipinski definition) is 0. The normalized spacial score (nSPS) is 32.9. The van der Waals surface area contributed by atoms with Crippen LogP contribution in [0.1, 0.15) is 44.1 Å². The lowest BCUT2D eigenvalue weighted by atomic mass is 9.49. The minimum atomic E-state index is -0.374. The number of para-hydroxylation sites is 2. The summed E-state index contributed by atoms with van der Waals surface area (Å²) in [5.41, 5.74) is 0.506. The van der Waals surface area contributed by atoms with Crippen molar-refractivity contribution in [3.63, 3.8) is 0 Å². The van der Waals surface area contributed by atoms with Gasteiger partial charge in [0.25, 0.3) is 0 Å². The summed E-state index contributed by atoms with van der Waals surface area (Å²) in [6.45, 7) is 0.230. The number of halogens is 1. The highest BCUT2D eigenvalue weighted by Crippen LogP contribution is 2.64. The summed E-state index contributed by atoms with van der Waals surface area (Å²) in [6, 6.07) is 17.4. The molecule has 3 nitrogen and oxygen atoms in total. The SMILES string of the molecule is O=C(OCc1ccccc1Oc1ccccc1)C12C[C@@H]3C[C@@H](CC(Cl)(C3)C1)C2. The molecule has 4 aliphatic carbocycles. The highest BCUT2D eigenvalue weighted by molar-refractivity contribution is 6.24. The quantitative estimate of drug-likeness (QED) is 0.452. The van der Waals surface area contributed by atoms with E-state index in [2.05, 4.69) is 0 Å². The van der Waals surface area contributed by atoms with E-state index < -0.39 is 0 Å². The van der Waals surface area contributed by atoms with Crippen LogP contribution in [0.25, 0.3) is 0 Å². The average Bonchev–Trinajstić information content (AvgIpc) is 2.66. The van der Waals surface area contributed by atoms with E-state index in [0.717, 1.165) is 49.2 Å². The zero-order chi connectivity index (χ0) is 19.2. The van der Waals surface area contributed by atoms with Crippen LogP contribution in [0.15, 0.2) is 54.6 Å². The molecule has 6 rings (SSSR count). The van der Waals surface area contributed by atoms with Crippen molar-refractivity contribution >= 4 is 17.6 Å². The zero-order valence-corrected chi connectivity index (χ0v) is 16.7. The van der Waals surface area contributed by atoms with Crippen LogP contribution in [0.4, 0.5) is 0 Å². The molecule has 2 aromatic carbocycles. The number of hydrogen-bond acceptors (Lipinski definition) is 3. The van der Waals surface area contributed by atoms with Crippen molar-refractivity contribution in [2.75, 3.05) is 0 Å². The van der Waals surface area contributed by atoms with Gasteiger partial charge in [0.15, 0.2) is 0 Å². The second-order valence-electron chi connectivity index (χ2n) is 8.99. The summed E-state index contributed by atoms with van der Waals surface area (Å²) in [7, 11) is 0. The van der Waals surface area contributed by atoms with Crippen molar-refractivity contribution in [2.45, 2.75) is 50.0 Å². The molecule has 4 atom stereocenters. The van der Waals surface area contributed by atoms with E-state index >= 15 is 0 Å². The van der Waals surface area contributed by atoms with Crippen LogP contribution < -0.4 is 4.74 Å². The lowest BCUT2D eigenvalue weighted by Gasteiger charge is -2.58. The summed E-state index contributed by atoms with van der Waals surface area (Å²) >= 11 is 6.87. The predicted octanol–water partition coefficient (Wildman–Crippen LogP) is 6.10. The van der Waals surface area contributed by atoms with Crippen LogP contribution in [0, 0.1) is 17.3 Å². The zero-order valence-electron chi connectivity index (χ0n) is 15.9. The molecule has 4 aliphatic rings. The van der Waals surface area contributed by atoms with Crippen LogP contribution in [0.2, 0.25) is 0 Å². The third-order valence-corrected chi connectivity index (χ3v) is 7.17. The van der Waals surface area contributed by atoms with Gasteiger partial charge in [-0.1, -0.05) is 36.4 Å². The van der Waals surface area contributed by atoms with E-state index in [-0.39, 0.29) is 22.9 Å². The van der Waals surface area contributed by atoms with E-state index in [1.807, 2.05) is 54.6 Å². The Hall–Kier alpha value is -2.00. The minimum Gasteiger partial charge on any atom is -0.460 e. The van der Waals surface area contributed by atoms with Gasteiger partial charge in [-0.2, -0.15) is 0 Å². The van der Waals surface area contributed by atoms with E-state index in [4.69, 9.17) is 21.1 Å². The van der Waals surface area contributed by atoms with Gasteiger partial charge in [0.2, 0.25) is 0 Å². The molecule has 0 heterocycles. The molecule has 28 heavy (non-hydrogen) atoms. The molecule has 0 spiro atoms. The molecule has 146 valence electrons. The van der Waals surface area contributed by atoms with E-state index in [1.54, 1.807) is 0 Å². The first-order valence-corrected chi connectivity index (χ1v) is 10.6. The number of esters is 1. The number of ether oxygens (including phenoxy) is 2. The Bertz CT molecular complexity index is 864. The molecule has 0 amide bonds. The third kappa shape index (κ3) is 3.30. The fraction of sp³-hybridized carbons (Fsp3) is 0.458. The Labute approximate surface area is 171 Å². The molecule has 0 aromatic heterocycles. The molecule has 2 unspecified atom stereocenters. The molecule has 4 saturated carbocycles. The average molecular weight is 397 g/mol. The highest BCUT2D eigenvalue weighted by atomic mass is 35.5. The number of rotatable bonds is 5. The van der Waals surface area contributed by atoms with Crippen molar-refractivity contribution in [3.05, 3.63) is 60.2 Å². The van der Waals surface area contributed by atoms with Gasteiger partial charge in [-0.15, -0.1) is 11.6 Å². The van der Waals surface area contributed by atoms with E-state index in [0.29, 0.717) is 11.8 Å². The van der Waals surface area contributed by atoms with Gasteiger partial charge in [-0.05, 0) is 68.6 Å². The maximum atomic E-state index is 13.2. The van der Waals surface area contributed by atoms with Crippen LogP contribution in [0.5, 0.6) is 11.5 Å². The number of carbonyl (C=O) groups excluding carboxylic acids is 1. The first-order chi connectivity index (χ1) is 13.5. The monoisotopic (exact) mass is 396 g/mol. The fourth-order valence-electron chi connectivity index (χ4n) is 6.02. The maximum absolute atomic E-state index is 13.2. The van der Waals surface area contributed by atoms with Crippen molar-refractivity contribution in [3.8, 4) is 11.5 Å². The molecule has 0 aliphatic heterocycles. The molecular weight excluding hydrogens is 372 g/mol. The van der Waals surface area contributed by atoms with Crippen LogP contribution in [-0.4, -0.2) is 10.8 Å². The summed E-state index contributed by atoms with van der Waals surface area (Å²) < 4.78 is 11.9. The standard InChI is InChI=1S/C24H25ClO3/c25-24-13-17-10-18(14-24)12-23(11-17,16-24)22(26)27-15-19-6-4-5-9-21(19)28-20-7-2-1-3-8-20/h1-9,17-18H,10-16H2/t17-,18+,23?,24?. The van der Waals surface area contributed by atoms with Crippen LogP contribution in [-0.2, 0) is 16.1 Å². The lowest BCUT2D eigenvalue weighted by Crippen LogP contribution is -2.56. The fourth-order valence-corrected chi connectivity index (χ4v) is 6.72. The third-order valence-electron chi connectivity index (χ3n) is 6.73. The Morgan fingerprint density at radius 3 is 2.36 bits per heavy atom. The van der Waals surface area contributed by atoms with Gasteiger partial charge in [-0.3, -0.25) is 4.79 Å². The van der Waals surface area contributed by atoms with E-state index in [1.165, 1.54) is 6.42 Å². The Kier molecular flexibility index (Phi) is 4.39. The first-order valence-electron chi connectivity index (χ1n) is 10.2. The van der Waals surface area contributed by atoms with Gasteiger partial charge in [0.05, 0.1) is 5.41 Å². The molecule has 4 heteroatoms. The molecule has 4 fully saturated rings. The van der Waals surface area contributed by atoms with Gasteiger partial charge in [0.1, 0.15) is 18.1 Å². The molecular formula is C24H25ClO3. The van der Waals surface area contributed by atoms with Gasteiger partial charge >= 0.3 is 5.97 Å². The Balaban J connectivity index is 1.30. The second kappa shape index (κ2) is 6.81. The van der Waals surface area contributed by atoms with Crippen molar-refractivity contribution in [1.29, 1.82) is 0 Å². The van der Waals surface area contributed by atoms with Crippen LogP contribution in [0.3, 0.4) is 0 Å². The molecule has 4 bridgehead atoms. The largest absolute Gasteiger partial charge is 0.460 e. The molecule has 0 saturated heterocycles. The van der Waals surface area contributed by atoms with Crippen LogP contribution >= 0.6 is 11.6 Å².